The van der Waals surface area contributed by atoms with Gasteiger partial charge in [0.05, 0.1) is 12.7 Å². The Balaban J connectivity index is 2.97. The second-order valence-corrected chi connectivity index (χ2v) is 10.4. The van der Waals surface area contributed by atoms with Gasteiger partial charge in [-0.3, -0.25) is 4.79 Å². The van der Waals surface area contributed by atoms with Crippen molar-refractivity contribution in [3.05, 3.63) is 20.9 Å². The summed E-state index contributed by atoms with van der Waals surface area (Å²) in [4.78, 5) is 27.0. The Hall–Kier alpha value is -1.36. The molecule has 0 aliphatic carbocycles. The van der Waals surface area contributed by atoms with E-state index in [0.717, 1.165) is 60.9 Å². The fraction of sp³-hybridized carbons (Fsp3) is 0.760. The van der Waals surface area contributed by atoms with E-state index in [4.69, 9.17) is 9.47 Å². The van der Waals surface area contributed by atoms with E-state index in [9.17, 15) is 9.59 Å². The molecule has 0 fully saturated rings. The molecule has 0 spiro atoms. The topological polar surface area (TPSA) is 52.6 Å². The van der Waals surface area contributed by atoms with Crippen molar-refractivity contribution in [1.29, 1.82) is 0 Å². The lowest BCUT2D eigenvalue weighted by atomic mass is 9.83. The highest BCUT2D eigenvalue weighted by atomic mass is 32.1. The molecule has 1 heterocycles. The number of thiophene rings is 1. The molecule has 2 atom stereocenters. The summed E-state index contributed by atoms with van der Waals surface area (Å²) in [5.41, 5.74) is 1.43. The summed E-state index contributed by atoms with van der Waals surface area (Å²) in [6.45, 7) is 14.4. The minimum absolute atomic E-state index is 0.118. The van der Waals surface area contributed by atoms with Gasteiger partial charge in [0.15, 0.2) is 0 Å². The van der Waals surface area contributed by atoms with Crippen molar-refractivity contribution in [3.63, 3.8) is 0 Å². The monoisotopic (exact) mass is 438 g/mol. The van der Waals surface area contributed by atoms with E-state index in [-0.39, 0.29) is 11.9 Å². The molecule has 0 radical (unpaired) electrons. The van der Waals surface area contributed by atoms with Crippen molar-refractivity contribution in [2.24, 2.45) is 5.92 Å². The summed E-state index contributed by atoms with van der Waals surface area (Å²) >= 11 is 1.79. The minimum Gasteiger partial charge on any atom is -0.465 e. The Bertz CT molecular complexity index is 684. The summed E-state index contributed by atoms with van der Waals surface area (Å²) in [6.07, 6.45) is 7.62. The lowest BCUT2D eigenvalue weighted by Gasteiger charge is -2.24. The summed E-state index contributed by atoms with van der Waals surface area (Å²) in [7, 11) is 1.46. The Morgan fingerprint density at radius 3 is 2.27 bits per heavy atom. The standard InChI is InChI=1S/C25H42O4S/c1-9-11-15-20-22(24(27)28-8)18(4)23(30-20)17(3)19(13-10-2)14-12-16-21(26)29-25(5,6)7/h17,19H,9-16H2,1-8H3/t17-,19?/m1/s1. The van der Waals surface area contributed by atoms with Crippen LogP contribution in [0, 0.1) is 12.8 Å². The normalized spacial score (nSPS) is 13.7. The van der Waals surface area contributed by atoms with E-state index in [1.54, 1.807) is 11.3 Å². The fourth-order valence-electron chi connectivity index (χ4n) is 4.04. The van der Waals surface area contributed by atoms with Gasteiger partial charge in [0.1, 0.15) is 5.60 Å². The van der Waals surface area contributed by atoms with Gasteiger partial charge in [-0.15, -0.1) is 11.3 Å². The third-order valence-electron chi connectivity index (χ3n) is 5.56. The number of hydrogen-bond donors (Lipinski definition) is 0. The largest absolute Gasteiger partial charge is 0.465 e. The lowest BCUT2D eigenvalue weighted by molar-refractivity contribution is -0.155. The van der Waals surface area contributed by atoms with Crippen LogP contribution < -0.4 is 0 Å². The van der Waals surface area contributed by atoms with Gasteiger partial charge < -0.3 is 9.47 Å². The van der Waals surface area contributed by atoms with Crippen molar-refractivity contribution < 1.29 is 19.1 Å². The number of rotatable bonds is 12. The number of aryl methyl sites for hydroxylation is 1. The highest BCUT2D eigenvalue weighted by Gasteiger charge is 2.28. The van der Waals surface area contributed by atoms with Crippen LogP contribution in [0.4, 0.5) is 0 Å². The predicted octanol–water partition coefficient (Wildman–Crippen LogP) is 7.22. The molecule has 0 aromatic carbocycles. The number of ether oxygens (including phenoxy) is 2. The van der Waals surface area contributed by atoms with Crippen LogP contribution in [0.15, 0.2) is 0 Å². The van der Waals surface area contributed by atoms with Gasteiger partial charge in [-0.25, -0.2) is 4.79 Å². The first-order valence-corrected chi connectivity index (χ1v) is 12.3. The van der Waals surface area contributed by atoms with Gasteiger partial charge in [-0.2, -0.15) is 0 Å². The Kier molecular flexibility index (Phi) is 11.1. The van der Waals surface area contributed by atoms with Gasteiger partial charge in [0.2, 0.25) is 0 Å². The Morgan fingerprint density at radius 1 is 1.07 bits per heavy atom. The molecule has 0 aliphatic rings. The Morgan fingerprint density at radius 2 is 1.73 bits per heavy atom. The summed E-state index contributed by atoms with van der Waals surface area (Å²) in [6, 6.07) is 0. The number of carbonyl (C=O) groups excluding carboxylic acids is 2. The van der Waals surface area contributed by atoms with E-state index in [1.165, 1.54) is 12.0 Å². The third-order valence-corrected chi connectivity index (χ3v) is 7.11. The molecule has 172 valence electrons. The van der Waals surface area contributed by atoms with Crippen molar-refractivity contribution in [2.45, 2.75) is 111 Å². The molecule has 1 aromatic rings. The first kappa shape index (κ1) is 26.7. The van der Waals surface area contributed by atoms with Crippen LogP contribution in [-0.4, -0.2) is 24.6 Å². The van der Waals surface area contributed by atoms with Crippen molar-refractivity contribution in [2.75, 3.05) is 7.11 Å². The maximum atomic E-state index is 12.4. The van der Waals surface area contributed by atoms with Gasteiger partial charge in [-0.05, 0) is 70.8 Å². The molecule has 0 amide bonds. The van der Waals surface area contributed by atoms with Crippen LogP contribution in [0.3, 0.4) is 0 Å². The molecule has 1 unspecified atom stereocenters. The zero-order valence-electron chi connectivity index (χ0n) is 20.4. The zero-order chi connectivity index (χ0) is 22.9. The molecule has 0 aliphatic heterocycles. The molecular formula is C25H42O4S. The average molecular weight is 439 g/mol. The number of carbonyl (C=O) groups is 2. The molecule has 30 heavy (non-hydrogen) atoms. The van der Waals surface area contributed by atoms with Crippen LogP contribution in [0.1, 0.15) is 118 Å². The van der Waals surface area contributed by atoms with Gasteiger partial charge >= 0.3 is 11.9 Å². The van der Waals surface area contributed by atoms with Crippen molar-refractivity contribution in [1.82, 2.24) is 0 Å². The van der Waals surface area contributed by atoms with Crippen LogP contribution >= 0.6 is 11.3 Å². The number of methoxy groups -OCH3 is 1. The third kappa shape index (κ3) is 8.05. The maximum absolute atomic E-state index is 12.4. The zero-order valence-corrected chi connectivity index (χ0v) is 21.2. The highest BCUT2D eigenvalue weighted by molar-refractivity contribution is 7.12. The van der Waals surface area contributed by atoms with E-state index in [1.807, 2.05) is 20.8 Å². The van der Waals surface area contributed by atoms with Gasteiger partial charge in [0.25, 0.3) is 0 Å². The summed E-state index contributed by atoms with van der Waals surface area (Å²) in [5.74, 6) is 0.504. The molecule has 5 heteroatoms. The number of hydrogen-bond acceptors (Lipinski definition) is 5. The molecular weight excluding hydrogens is 396 g/mol. The van der Waals surface area contributed by atoms with Crippen molar-refractivity contribution >= 4 is 23.3 Å². The molecule has 1 aromatic heterocycles. The average Bonchev–Trinajstić information content (AvgIpc) is 2.99. The lowest BCUT2D eigenvalue weighted by Crippen LogP contribution is -2.23. The summed E-state index contributed by atoms with van der Waals surface area (Å²) in [5, 5.41) is 0. The van der Waals surface area contributed by atoms with E-state index < -0.39 is 5.60 Å². The second kappa shape index (κ2) is 12.5. The molecule has 1 rings (SSSR count). The van der Waals surface area contributed by atoms with Gasteiger partial charge in [-0.1, -0.05) is 40.0 Å². The smallest absolute Gasteiger partial charge is 0.339 e. The quantitative estimate of drug-likeness (QED) is 0.323. The molecule has 4 nitrogen and oxygen atoms in total. The second-order valence-electron chi connectivity index (χ2n) is 9.30. The van der Waals surface area contributed by atoms with E-state index >= 15 is 0 Å². The van der Waals surface area contributed by atoms with Gasteiger partial charge in [0, 0.05) is 16.2 Å². The predicted molar refractivity (Wildman–Crippen MR) is 126 cm³/mol. The summed E-state index contributed by atoms with van der Waals surface area (Å²) < 4.78 is 10.5. The fourth-order valence-corrected chi connectivity index (χ4v) is 5.52. The van der Waals surface area contributed by atoms with E-state index in [0.29, 0.717) is 18.3 Å². The highest BCUT2D eigenvalue weighted by Crippen LogP contribution is 2.41. The van der Waals surface area contributed by atoms with Crippen LogP contribution in [-0.2, 0) is 20.7 Å². The SMILES string of the molecule is CCCCc1sc([C@H](C)C(CCC)CCCC(=O)OC(C)(C)C)c(C)c1C(=O)OC. The van der Waals surface area contributed by atoms with Crippen molar-refractivity contribution in [3.8, 4) is 0 Å². The molecule has 0 bridgehead atoms. The molecule has 0 N–H and O–H groups in total. The first-order valence-electron chi connectivity index (χ1n) is 11.5. The number of unbranched alkanes of at least 4 members (excludes halogenated alkanes) is 1. The van der Waals surface area contributed by atoms with E-state index in [2.05, 4.69) is 27.7 Å². The van der Waals surface area contributed by atoms with Crippen LogP contribution in [0.5, 0.6) is 0 Å². The maximum Gasteiger partial charge on any atom is 0.339 e. The van der Waals surface area contributed by atoms with Crippen LogP contribution in [0.2, 0.25) is 0 Å². The Labute approximate surface area is 187 Å². The van der Waals surface area contributed by atoms with Crippen LogP contribution in [0.25, 0.3) is 0 Å². The minimum atomic E-state index is -0.430. The molecule has 0 saturated carbocycles. The molecule has 0 saturated heterocycles. The first-order chi connectivity index (χ1) is 14.1. The number of esters is 2.